The predicted octanol–water partition coefficient (Wildman–Crippen LogP) is 4.21. The highest BCUT2D eigenvalue weighted by Crippen LogP contribution is 2.43. The van der Waals surface area contributed by atoms with Gasteiger partial charge < -0.3 is 10.5 Å². The van der Waals surface area contributed by atoms with Crippen LogP contribution in [0.3, 0.4) is 0 Å². The number of carbonyl (C=O) groups excluding carboxylic acids is 1. The van der Waals surface area contributed by atoms with Gasteiger partial charge in [0.25, 0.3) is 5.91 Å². The second-order valence-electron chi connectivity index (χ2n) is 5.79. The maximum absolute atomic E-state index is 13.3. The maximum atomic E-state index is 13.3. The van der Waals surface area contributed by atoms with E-state index in [2.05, 4.69) is 0 Å². The van der Waals surface area contributed by atoms with Crippen molar-refractivity contribution in [3.8, 4) is 5.75 Å². The first kappa shape index (κ1) is 15.2. The third-order valence-corrected chi connectivity index (χ3v) is 4.10. The molecule has 124 valence electrons. The molecule has 0 radical (unpaired) electrons. The van der Waals surface area contributed by atoms with E-state index >= 15 is 0 Å². The largest absolute Gasteiger partial charge is 0.474 e. The van der Waals surface area contributed by atoms with E-state index < -0.39 is 6.10 Å². The smallest absolute Gasteiger partial charge is 0.277 e. The number of fused-ring (bicyclic) bond motifs is 1. The fourth-order valence-electron chi connectivity index (χ4n) is 2.92. The zero-order valence-corrected chi connectivity index (χ0v) is 13.2. The minimum atomic E-state index is -0.791. The third kappa shape index (κ3) is 2.70. The number of hydrogen-bond acceptors (Lipinski definition) is 3. The van der Waals surface area contributed by atoms with Crippen molar-refractivity contribution in [3.05, 3.63) is 84.2 Å². The minimum absolute atomic E-state index is 0.241. The van der Waals surface area contributed by atoms with E-state index in [0.717, 1.165) is 5.56 Å². The normalized spacial score (nSPS) is 16.3. The van der Waals surface area contributed by atoms with Crippen molar-refractivity contribution in [2.24, 2.45) is 0 Å². The first-order valence-corrected chi connectivity index (χ1v) is 7.84. The SMILES string of the molecule is Nc1ccc2c(c1)OC(c1ccccc1)C(=O)N2c1ccc(F)cc1. The van der Waals surface area contributed by atoms with Gasteiger partial charge in [-0.1, -0.05) is 30.3 Å². The Morgan fingerprint density at radius 2 is 1.68 bits per heavy atom. The molecule has 0 saturated carbocycles. The van der Waals surface area contributed by atoms with Gasteiger partial charge in [-0.3, -0.25) is 9.69 Å². The molecule has 0 saturated heterocycles. The summed E-state index contributed by atoms with van der Waals surface area (Å²) in [5.41, 5.74) is 8.31. The first-order valence-electron chi connectivity index (χ1n) is 7.84. The highest BCUT2D eigenvalue weighted by molar-refractivity contribution is 6.06. The van der Waals surface area contributed by atoms with E-state index in [-0.39, 0.29) is 11.7 Å². The molecule has 0 bridgehead atoms. The number of benzene rings is 3. The molecule has 1 heterocycles. The lowest BCUT2D eigenvalue weighted by atomic mass is 10.0. The number of anilines is 3. The lowest BCUT2D eigenvalue weighted by molar-refractivity contribution is -0.125. The van der Waals surface area contributed by atoms with Crippen molar-refractivity contribution >= 4 is 23.0 Å². The lowest BCUT2D eigenvalue weighted by Gasteiger charge is -2.34. The summed E-state index contributed by atoms with van der Waals surface area (Å²) in [5.74, 6) is -0.0885. The number of halogens is 1. The molecule has 1 unspecified atom stereocenters. The van der Waals surface area contributed by atoms with Crippen LogP contribution in [0, 0.1) is 5.82 Å². The van der Waals surface area contributed by atoms with Crippen LogP contribution in [0.1, 0.15) is 11.7 Å². The minimum Gasteiger partial charge on any atom is -0.474 e. The quantitative estimate of drug-likeness (QED) is 0.714. The van der Waals surface area contributed by atoms with Crippen LogP contribution in [-0.4, -0.2) is 5.91 Å². The predicted molar refractivity (Wildman–Crippen MR) is 94.2 cm³/mol. The van der Waals surface area contributed by atoms with Gasteiger partial charge in [0.15, 0.2) is 0 Å². The van der Waals surface area contributed by atoms with Crippen molar-refractivity contribution in [1.82, 2.24) is 0 Å². The lowest BCUT2D eigenvalue weighted by Crippen LogP contribution is -2.38. The summed E-state index contributed by atoms with van der Waals surface area (Å²) in [4.78, 5) is 14.7. The van der Waals surface area contributed by atoms with Crippen LogP contribution < -0.4 is 15.4 Å². The van der Waals surface area contributed by atoms with Gasteiger partial charge in [-0.15, -0.1) is 0 Å². The van der Waals surface area contributed by atoms with Crippen molar-refractivity contribution < 1.29 is 13.9 Å². The molecule has 1 aliphatic heterocycles. The van der Waals surface area contributed by atoms with Gasteiger partial charge in [0.1, 0.15) is 11.6 Å². The van der Waals surface area contributed by atoms with Crippen LogP contribution in [0.4, 0.5) is 21.5 Å². The van der Waals surface area contributed by atoms with E-state index in [1.807, 2.05) is 30.3 Å². The Labute approximate surface area is 144 Å². The summed E-state index contributed by atoms with van der Waals surface area (Å²) in [6.45, 7) is 0. The molecular formula is C20H15FN2O2. The average Bonchev–Trinajstić information content (AvgIpc) is 2.63. The van der Waals surface area contributed by atoms with E-state index in [0.29, 0.717) is 22.8 Å². The van der Waals surface area contributed by atoms with E-state index in [1.54, 1.807) is 30.3 Å². The number of ether oxygens (including phenoxy) is 1. The second kappa shape index (κ2) is 5.94. The highest BCUT2D eigenvalue weighted by atomic mass is 19.1. The molecular weight excluding hydrogens is 319 g/mol. The number of hydrogen-bond donors (Lipinski definition) is 1. The summed E-state index contributed by atoms with van der Waals surface area (Å²) < 4.78 is 19.2. The topological polar surface area (TPSA) is 55.6 Å². The molecule has 2 N–H and O–H groups in total. The summed E-state index contributed by atoms with van der Waals surface area (Å²) >= 11 is 0. The van der Waals surface area contributed by atoms with Gasteiger partial charge >= 0.3 is 0 Å². The van der Waals surface area contributed by atoms with E-state index in [9.17, 15) is 9.18 Å². The van der Waals surface area contributed by atoms with Gasteiger partial charge in [-0.25, -0.2) is 4.39 Å². The van der Waals surface area contributed by atoms with Crippen LogP contribution >= 0.6 is 0 Å². The Morgan fingerprint density at radius 3 is 2.40 bits per heavy atom. The average molecular weight is 334 g/mol. The number of rotatable bonds is 2. The Hall–Kier alpha value is -3.34. The molecule has 3 aromatic rings. The fraction of sp³-hybridized carbons (Fsp3) is 0.0500. The van der Waals surface area contributed by atoms with Crippen molar-refractivity contribution in [2.75, 3.05) is 10.6 Å². The fourth-order valence-corrected chi connectivity index (χ4v) is 2.92. The molecule has 4 rings (SSSR count). The third-order valence-electron chi connectivity index (χ3n) is 4.10. The van der Waals surface area contributed by atoms with Gasteiger partial charge in [0.2, 0.25) is 6.10 Å². The van der Waals surface area contributed by atoms with Crippen LogP contribution in [0.5, 0.6) is 5.75 Å². The van der Waals surface area contributed by atoms with Crippen molar-refractivity contribution in [3.63, 3.8) is 0 Å². The Bertz CT molecular complexity index is 926. The summed E-state index contributed by atoms with van der Waals surface area (Å²) in [6.07, 6.45) is -0.791. The Balaban J connectivity index is 1.86. The van der Waals surface area contributed by atoms with Gasteiger partial charge in [-0.05, 0) is 36.4 Å². The molecule has 1 atom stereocenters. The summed E-state index contributed by atoms with van der Waals surface area (Å²) in [5, 5.41) is 0. The monoisotopic (exact) mass is 334 g/mol. The highest BCUT2D eigenvalue weighted by Gasteiger charge is 2.36. The molecule has 25 heavy (non-hydrogen) atoms. The zero-order valence-electron chi connectivity index (χ0n) is 13.2. The Kier molecular flexibility index (Phi) is 3.61. The number of amides is 1. The maximum Gasteiger partial charge on any atom is 0.277 e. The second-order valence-corrected chi connectivity index (χ2v) is 5.79. The molecule has 0 aromatic heterocycles. The van der Waals surface area contributed by atoms with Crippen molar-refractivity contribution in [1.29, 1.82) is 0 Å². The van der Waals surface area contributed by atoms with Crippen LogP contribution in [0.2, 0.25) is 0 Å². The molecule has 0 fully saturated rings. The molecule has 3 aromatic carbocycles. The van der Waals surface area contributed by atoms with E-state index in [4.69, 9.17) is 10.5 Å². The molecule has 1 amide bonds. The molecule has 0 aliphatic carbocycles. The van der Waals surface area contributed by atoms with Crippen LogP contribution in [-0.2, 0) is 4.79 Å². The molecule has 1 aliphatic rings. The van der Waals surface area contributed by atoms with Crippen LogP contribution in [0.25, 0.3) is 0 Å². The number of nitrogens with two attached hydrogens (primary N) is 1. The van der Waals surface area contributed by atoms with Gasteiger partial charge in [-0.2, -0.15) is 0 Å². The Morgan fingerprint density at radius 1 is 0.960 bits per heavy atom. The first-order chi connectivity index (χ1) is 12.1. The molecule has 5 heteroatoms. The summed E-state index contributed by atoms with van der Waals surface area (Å²) in [7, 11) is 0. The van der Waals surface area contributed by atoms with Gasteiger partial charge in [0.05, 0.1) is 5.69 Å². The summed E-state index contributed by atoms with van der Waals surface area (Å²) in [6, 6.07) is 20.2. The number of nitrogens with zero attached hydrogens (tertiary/aromatic N) is 1. The van der Waals surface area contributed by atoms with E-state index in [1.165, 1.54) is 17.0 Å². The standard InChI is InChI=1S/C20H15FN2O2/c21-14-6-9-16(10-7-14)23-17-11-8-15(22)12-18(17)25-19(20(23)24)13-4-2-1-3-5-13/h1-12,19H,22H2. The number of carbonyl (C=O) groups is 1. The van der Waals surface area contributed by atoms with Crippen molar-refractivity contribution in [2.45, 2.75) is 6.10 Å². The van der Waals surface area contributed by atoms with Crippen LogP contribution in [0.15, 0.2) is 72.8 Å². The number of nitrogen functional groups attached to an aromatic ring is 1. The zero-order chi connectivity index (χ0) is 17.4. The molecule has 4 nitrogen and oxygen atoms in total. The van der Waals surface area contributed by atoms with Gasteiger partial charge in [0, 0.05) is 23.0 Å². The molecule has 0 spiro atoms.